The first-order valence-corrected chi connectivity index (χ1v) is 9.95. The molecule has 0 bridgehead atoms. The first-order chi connectivity index (χ1) is 11.7. The molecule has 1 rings (SSSR count). The Labute approximate surface area is 149 Å². The van der Waals surface area contributed by atoms with E-state index in [0.717, 1.165) is 18.4 Å². The molecule has 0 heterocycles. The van der Waals surface area contributed by atoms with Gasteiger partial charge in [-0.05, 0) is 25.3 Å². The molecule has 0 N–H and O–H groups in total. The molecule has 0 spiro atoms. The Morgan fingerprint density at radius 2 is 1.42 bits per heavy atom. The number of rotatable bonds is 14. The zero-order chi connectivity index (χ0) is 17.5. The molecular formula is C22H36O2. The van der Waals surface area contributed by atoms with Crippen molar-refractivity contribution < 1.29 is 9.53 Å². The van der Waals surface area contributed by atoms with Crippen LogP contribution in [0.5, 0.6) is 0 Å². The summed E-state index contributed by atoms with van der Waals surface area (Å²) in [6, 6.07) is 9.80. The van der Waals surface area contributed by atoms with E-state index in [9.17, 15) is 4.79 Å². The largest absolute Gasteiger partial charge is 0.462 e. The van der Waals surface area contributed by atoms with E-state index in [-0.39, 0.29) is 12.1 Å². The van der Waals surface area contributed by atoms with Crippen LogP contribution in [-0.2, 0) is 16.0 Å². The topological polar surface area (TPSA) is 26.3 Å². The van der Waals surface area contributed by atoms with E-state index < -0.39 is 0 Å². The van der Waals surface area contributed by atoms with E-state index in [0.29, 0.717) is 6.42 Å². The maximum Gasteiger partial charge on any atom is 0.310 e. The first-order valence-electron chi connectivity index (χ1n) is 9.95. The Bertz CT molecular complexity index is 413. The lowest BCUT2D eigenvalue weighted by Gasteiger charge is -2.13. The average Bonchev–Trinajstić information content (AvgIpc) is 2.57. The number of hydrogen-bond donors (Lipinski definition) is 0. The van der Waals surface area contributed by atoms with E-state index >= 15 is 0 Å². The van der Waals surface area contributed by atoms with Crippen molar-refractivity contribution in [3.05, 3.63) is 35.9 Å². The molecule has 1 aromatic carbocycles. The van der Waals surface area contributed by atoms with Gasteiger partial charge in [-0.3, -0.25) is 4.79 Å². The zero-order valence-corrected chi connectivity index (χ0v) is 15.8. The highest BCUT2D eigenvalue weighted by atomic mass is 16.5. The fourth-order valence-electron chi connectivity index (χ4n) is 3.01. The first kappa shape index (κ1) is 20.7. The van der Waals surface area contributed by atoms with Crippen molar-refractivity contribution in [2.45, 2.75) is 97.0 Å². The number of carbonyl (C=O) groups excluding carboxylic acids is 1. The molecule has 1 unspecified atom stereocenters. The normalized spacial score (nSPS) is 12.1. The number of ether oxygens (including phenoxy) is 1. The second-order valence-corrected chi connectivity index (χ2v) is 6.93. The minimum Gasteiger partial charge on any atom is -0.462 e. The van der Waals surface area contributed by atoms with Crippen LogP contribution in [0.4, 0.5) is 0 Å². The van der Waals surface area contributed by atoms with Crippen molar-refractivity contribution in [3.8, 4) is 0 Å². The maximum atomic E-state index is 11.9. The summed E-state index contributed by atoms with van der Waals surface area (Å²) in [6.45, 7) is 4.27. The Morgan fingerprint density at radius 1 is 0.875 bits per heavy atom. The van der Waals surface area contributed by atoms with Crippen LogP contribution in [0.1, 0.15) is 90.0 Å². The highest BCUT2D eigenvalue weighted by molar-refractivity contribution is 5.72. The molecule has 0 amide bonds. The van der Waals surface area contributed by atoms with Gasteiger partial charge in [0.05, 0.1) is 12.5 Å². The maximum absolute atomic E-state index is 11.9. The summed E-state index contributed by atoms with van der Waals surface area (Å²) in [6.07, 6.45) is 14.8. The molecule has 0 fully saturated rings. The van der Waals surface area contributed by atoms with Gasteiger partial charge in [0.25, 0.3) is 0 Å². The molecule has 136 valence electrons. The van der Waals surface area contributed by atoms with Gasteiger partial charge in [-0.25, -0.2) is 0 Å². The summed E-state index contributed by atoms with van der Waals surface area (Å²) in [4.78, 5) is 11.9. The lowest BCUT2D eigenvalue weighted by Crippen LogP contribution is -2.16. The van der Waals surface area contributed by atoms with Crippen LogP contribution in [0.2, 0.25) is 0 Å². The molecule has 2 heteroatoms. The number of esters is 1. The molecule has 0 aliphatic rings. The van der Waals surface area contributed by atoms with Crippen molar-refractivity contribution >= 4 is 5.97 Å². The van der Waals surface area contributed by atoms with Gasteiger partial charge in [0, 0.05) is 0 Å². The number of unbranched alkanes of at least 4 members (excludes halogenated alkanes) is 9. The molecule has 0 saturated heterocycles. The molecule has 0 aliphatic heterocycles. The third-order valence-electron chi connectivity index (χ3n) is 4.49. The molecule has 1 atom stereocenters. The van der Waals surface area contributed by atoms with Gasteiger partial charge in [0.2, 0.25) is 0 Å². The van der Waals surface area contributed by atoms with Gasteiger partial charge in [-0.15, -0.1) is 0 Å². The number of carbonyl (C=O) groups is 1. The van der Waals surface area contributed by atoms with Crippen molar-refractivity contribution in [2.75, 3.05) is 0 Å². The van der Waals surface area contributed by atoms with Gasteiger partial charge in [0.15, 0.2) is 0 Å². The van der Waals surface area contributed by atoms with Crippen LogP contribution in [0, 0.1) is 0 Å². The van der Waals surface area contributed by atoms with Crippen molar-refractivity contribution in [3.63, 3.8) is 0 Å². The predicted molar refractivity (Wildman–Crippen MR) is 102 cm³/mol. The second kappa shape index (κ2) is 14.1. The van der Waals surface area contributed by atoms with Gasteiger partial charge in [-0.1, -0.05) is 95.0 Å². The Balaban J connectivity index is 1.94. The third-order valence-corrected chi connectivity index (χ3v) is 4.49. The highest BCUT2D eigenvalue weighted by Gasteiger charge is 2.09. The van der Waals surface area contributed by atoms with Crippen molar-refractivity contribution in [2.24, 2.45) is 0 Å². The number of hydrogen-bond acceptors (Lipinski definition) is 2. The van der Waals surface area contributed by atoms with E-state index in [2.05, 4.69) is 6.92 Å². The summed E-state index contributed by atoms with van der Waals surface area (Å²) >= 11 is 0. The lowest BCUT2D eigenvalue weighted by molar-refractivity contribution is -0.147. The number of benzene rings is 1. The van der Waals surface area contributed by atoms with Crippen LogP contribution in [-0.4, -0.2) is 12.1 Å². The van der Waals surface area contributed by atoms with E-state index in [1.165, 1.54) is 57.8 Å². The molecule has 0 aliphatic carbocycles. The quantitative estimate of drug-likeness (QED) is 0.288. The van der Waals surface area contributed by atoms with E-state index in [1.54, 1.807) is 0 Å². The van der Waals surface area contributed by atoms with Crippen LogP contribution in [0.15, 0.2) is 30.3 Å². The summed E-state index contributed by atoms with van der Waals surface area (Å²) in [7, 11) is 0. The second-order valence-electron chi connectivity index (χ2n) is 6.93. The van der Waals surface area contributed by atoms with Gasteiger partial charge >= 0.3 is 5.97 Å². The SMILES string of the molecule is CCCCCCCCCCCCC(C)OC(=O)Cc1ccccc1. The molecule has 2 nitrogen and oxygen atoms in total. The summed E-state index contributed by atoms with van der Waals surface area (Å²) in [5.74, 6) is -0.110. The molecule has 24 heavy (non-hydrogen) atoms. The zero-order valence-electron chi connectivity index (χ0n) is 15.8. The minimum absolute atomic E-state index is 0.0373. The third kappa shape index (κ3) is 11.3. The minimum atomic E-state index is -0.110. The molecule has 1 aromatic rings. The predicted octanol–water partition coefficient (Wildman–Crippen LogP) is 6.47. The Hall–Kier alpha value is -1.31. The Kier molecular flexibility index (Phi) is 12.2. The van der Waals surface area contributed by atoms with Crippen molar-refractivity contribution in [1.29, 1.82) is 0 Å². The van der Waals surface area contributed by atoms with Gasteiger partial charge < -0.3 is 4.74 Å². The highest BCUT2D eigenvalue weighted by Crippen LogP contribution is 2.13. The summed E-state index contributed by atoms with van der Waals surface area (Å²) < 4.78 is 5.50. The summed E-state index contributed by atoms with van der Waals surface area (Å²) in [5.41, 5.74) is 1.02. The smallest absolute Gasteiger partial charge is 0.310 e. The van der Waals surface area contributed by atoms with Crippen molar-refractivity contribution in [1.82, 2.24) is 0 Å². The van der Waals surface area contributed by atoms with Crippen LogP contribution < -0.4 is 0 Å². The van der Waals surface area contributed by atoms with Gasteiger partial charge in [0.1, 0.15) is 0 Å². The van der Waals surface area contributed by atoms with Crippen LogP contribution in [0.3, 0.4) is 0 Å². The monoisotopic (exact) mass is 332 g/mol. The molecular weight excluding hydrogens is 296 g/mol. The summed E-state index contributed by atoms with van der Waals surface area (Å²) in [5, 5.41) is 0. The Morgan fingerprint density at radius 3 is 2.00 bits per heavy atom. The molecule has 0 radical (unpaired) electrons. The van der Waals surface area contributed by atoms with Crippen LogP contribution >= 0.6 is 0 Å². The fourth-order valence-corrected chi connectivity index (χ4v) is 3.01. The van der Waals surface area contributed by atoms with Gasteiger partial charge in [-0.2, -0.15) is 0 Å². The fraction of sp³-hybridized carbons (Fsp3) is 0.682. The van der Waals surface area contributed by atoms with Crippen LogP contribution in [0.25, 0.3) is 0 Å². The molecule has 0 aromatic heterocycles. The van der Waals surface area contributed by atoms with E-state index in [1.807, 2.05) is 37.3 Å². The molecule has 0 saturated carbocycles. The lowest BCUT2D eigenvalue weighted by atomic mass is 10.0. The van der Waals surface area contributed by atoms with E-state index in [4.69, 9.17) is 4.74 Å². The standard InChI is InChI=1S/C22H36O2/c1-3-4-5-6-7-8-9-10-11-13-16-20(2)24-22(23)19-21-17-14-12-15-18-21/h12,14-15,17-18,20H,3-11,13,16,19H2,1-2H3. The average molecular weight is 333 g/mol.